The molecule has 0 spiro atoms. The molecular formula is C49H72N8O13. The number of nitrogens with one attached hydrogen (secondary N) is 4. The van der Waals surface area contributed by atoms with E-state index in [9.17, 15) is 62.6 Å². The van der Waals surface area contributed by atoms with Crippen LogP contribution in [0.4, 0.5) is 0 Å². The number of carbonyl (C=O) groups is 12. The van der Waals surface area contributed by atoms with Gasteiger partial charge in [-0.05, 0) is 75.0 Å². The van der Waals surface area contributed by atoms with Gasteiger partial charge in [-0.2, -0.15) is 0 Å². The molecule has 9 atom stereocenters. The SMILES string of the molecule is CC[C@H](C)[C@@H]1NC(=O)[C@H](Cc2ccc(O)cc2)CC(=O)[C@H](C)NC(=O)CC[C@@H](C(=O)N2CCC[C@H]2C(=O)C[C@@H](CC(C)C)C(=O)NCC(N)=O)CC(=O)[C@H](CC(N)=O)NC(=O)[C@H](CCC(N)=O)CC1=O. The summed E-state index contributed by atoms with van der Waals surface area (Å²) in [6.45, 7) is 8.24. The molecule has 1 aromatic rings. The molecule has 0 saturated carbocycles. The Morgan fingerprint density at radius 3 is 2.04 bits per heavy atom. The number of phenols is 1. The highest BCUT2D eigenvalue weighted by molar-refractivity contribution is 6.00. The maximum Gasteiger partial charge on any atom is 0.236 e. The highest BCUT2D eigenvalue weighted by atomic mass is 16.3. The van der Waals surface area contributed by atoms with Crippen molar-refractivity contribution in [2.24, 2.45) is 52.7 Å². The fraction of sp³-hybridized carbons (Fsp3) is 0.633. The van der Waals surface area contributed by atoms with Crippen LogP contribution >= 0.6 is 0 Å². The maximum atomic E-state index is 14.6. The van der Waals surface area contributed by atoms with Crippen molar-refractivity contribution in [2.75, 3.05) is 13.1 Å². The lowest BCUT2D eigenvalue weighted by atomic mass is 9.86. The number of nitrogens with zero attached hydrogens (tertiary/aromatic N) is 1. The fourth-order valence-corrected chi connectivity index (χ4v) is 8.94. The van der Waals surface area contributed by atoms with Crippen molar-refractivity contribution < 1.29 is 62.6 Å². The second-order valence-electron chi connectivity index (χ2n) is 19.3. The summed E-state index contributed by atoms with van der Waals surface area (Å²) in [5.41, 5.74) is 16.8. The smallest absolute Gasteiger partial charge is 0.236 e. The predicted octanol–water partition coefficient (Wildman–Crippen LogP) is 0.330. The lowest BCUT2D eigenvalue weighted by molar-refractivity contribution is -0.144. The summed E-state index contributed by atoms with van der Waals surface area (Å²) in [5, 5.41) is 20.2. The lowest BCUT2D eigenvalue weighted by Gasteiger charge is -2.30. The number of likely N-dealkylation sites (tertiary alicyclic amines) is 1. The van der Waals surface area contributed by atoms with Gasteiger partial charge in [0, 0.05) is 68.7 Å². The summed E-state index contributed by atoms with van der Waals surface area (Å²) >= 11 is 0. The largest absolute Gasteiger partial charge is 0.508 e. The first-order valence-corrected chi connectivity index (χ1v) is 24.1. The zero-order chi connectivity index (χ0) is 52.4. The summed E-state index contributed by atoms with van der Waals surface area (Å²) in [7, 11) is 0. The van der Waals surface area contributed by atoms with Crippen molar-refractivity contribution in [1.29, 1.82) is 0 Å². The van der Waals surface area contributed by atoms with Crippen LogP contribution in [-0.4, -0.2) is 118 Å². The summed E-state index contributed by atoms with van der Waals surface area (Å²) in [6, 6.07) is 0.932. The molecule has 8 amide bonds. The van der Waals surface area contributed by atoms with Gasteiger partial charge in [0.05, 0.1) is 37.1 Å². The molecule has 2 aliphatic rings. The maximum absolute atomic E-state index is 14.6. The highest BCUT2D eigenvalue weighted by Crippen LogP contribution is 2.29. The van der Waals surface area contributed by atoms with Gasteiger partial charge < -0.3 is 48.5 Å². The third-order valence-corrected chi connectivity index (χ3v) is 13.1. The van der Waals surface area contributed by atoms with Gasteiger partial charge in [-0.1, -0.05) is 46.2 Å². The zero-order valence-electron chi connectivity index (χ0n) is 40.9. The van der Waals surface area contributed by atoms with E-state index < -0.39 is 163 Å². The number of primary amides is 3. The Hall–Kier alpha value is -6.54. The second-order valence-corrected chi connectivity index (χ2v) is 19.3. The van der Waals surface area contributed by atoms with Gasteiger partial charge in [0.25, 0.3) is 0 Å². The molecule has 1 aromatic carbocycles. The van der Waals surface area contributed by atoms with E-state index in [2.05, 4.69) is 21.3 Å². The van der Waals surface area contributed by atoms with Crippen molar-refractivity contribution in [3.63, 3.8) is 0 Å². The third kappa shape index (κ3) is 18.4. The van der Waals surface area contributed by atoms with E-state index in [1.165, 1.54) is 24.0 Å². The van der Waals surface area contributed by atoms with Crippen LogP contribution in [0.5, 0.6) is 5.75 Å². The van der Waals surface area contributed by atoms with E-state index in [0.717, 1.165) is 0 Å². The molecule has 21 nitrogen and oxygen atoms in total. The van der Waals surface area contributed by atoms with Gasteiger partial charge in [-0.15, -0.1) is 0 Å². The number of Topliss-reactive ketones (excluding diaryl/α,β-unsaturated/α-hetero) is 4. The van der Waals surface area contributed by atoms with Crippen LogP contribution in [0.2, 0.25) is 0 Å². The van der Waals surface area contributed by atoms with Gasteiger partial charge in [0.2, 0.25) is 47.3 Å². The van der Waals surface area contributed by atoms with Crippen LogP contribution in [0.1, 0.15) is 124 Å². The van der Waals surface area contributed by atoms with Crippen LogP contribution in [-0.2, 0) is 64.0 Å². The number of hydrogen-bond acceptors (Lipinski definition) is 13. The van der Waals surface area contributed by atoms with E-state index in [1.54, 1.807) is 26.0 Å². The van der Waals surface area contributed by atoms with Crippen molar-refractivity contribution in [3.05, 3.63) is 29.8 Å². The van der Waals surface area contributed by atoms with Crippen molar-refractivity contribution >= 4 is 70.4 Å². The Balaban J connectivity index is 2.09. The monoisotopic (exact) mass is 981 g/mol. The molecule has 386 valence electrons. The minimum absolute atomic E-state index is 0.0104. The van der Waals surface area contributed by atoms with Crippen LogP contribution in [0, 0.1) is 35.5 Å². The van der Waals surface area contributed by atoms with Crippen LogP contribution in [0.25, 0.3) is 0 Å². The number of rotatable bonds is 18. The number of benzene rings is 1. The van der Waals surface area contributed by atoms with Gasteiger partial charge in [0.15, 0.2) is 23.1 Å². The number of amides is 8. The van der Waals surface area contributed by atoms with Crippen molar-refractivity contribution in [2.45, 2.75) is 149 Å². The number of carbonyl (C=O) groups excluding carboxylic acids is 12. The minimum atomic E-state index is -1.65. The van der Waals surface area contributed by atoms with Crippen molar-refractivity contribution in [1.82, 2.24) is 26.2 Å². The molecule has 0 bridgehead atoms. The Kier molecular flexibility index (Phi) is 22.8. The molecular weight excluding hydrogens is 909 g/mol. The fourth-order valence-electron chi connectivity index (χ4n) is 8.94. The quantitative estimate of drug-likeness (QED) is 0.0985. The molecule has 0 aromatic heterocycles. The Labute approximate surface area is 408 Å². The number of hydrogen-bond donors (Lipinski definition) is 8. The van der Waals surface area contributed by atoms with Crippen LogP contribution in [0.15, 0.2) is 24.3 Å². The first-order chi connectivity index (χ1) is 32.9. The molecule has 0 aliphatic carbocycles. The van der Waals surface area contributed by atoms with Gasteiger partial charge in [-0.25, -0.2) is 0 Å². The summed E-state index contributed by atoms with van der Waals surface area (Å²) in [6.07, 6.45) is -2.74. The molecule has 2 fully saturated rings. The molecule has 0 radical (unpaired) electrons. The standard InChI is InChI=1S/C49H72N8O13/c1-6-27(4)45-40(62)20-30(11-15-41(50)63)47(68)55-35(24-42(51)64)38(60)21-31(49(70)57-17-7-8-36(57)39(61)23-32(18-26(2)3)46(67)53-25-43(52)65)12-16-44(66)54-28(5)37(59)22-33(48(69)56-45)19-29-9-13-34(58)14-10-29/h9-10,13-14,26-28,30-33,35-36,45,58H,6-8,11-12,15-25H2,1-5H3,(H2,50,63)(H2,51,64)(H2,52,65)(H,53,67)(H,54,66)(H,55,68)(H,56,69)/t27-,28-,30+,31+,32+,33+,35-,36-,45-/m0/s1. The van der Waals surface area contributed by atoms with Gasteiger partial charge in [-0.3, -0.25) is 57.5 Å². The van der Waals surface area contributed by atoms with E-state index >= 15 is 0 Å². The van der Waals surface area contributed by atoms with Crippen LogP contribution in [0.3, 0.4) is 0 Å². The molecule has 21 heteroatoms. The molecule has 0 unspecified atom stereocenters. The van der Waals surface area contributed by atoms with Gasteiger partial charge in [0.1, 0.15) is 5.75 Å². The summed E-state index contributed by atoms with van der Waals surface area (Å²) in [4.78, 5) is 163. The molecule has 2 heterocycles. The number of phenolic OH excluding ortho intramolecular Hbond substituents is 1. The van der Waals surface area contributed by atoms with E-state index in [1.807, 2.05) is 13.8 Å². The average molecular weight is 981 g/mol. The van der Waals surface area contributed by atoms with E-state index in [0.29, 0.717) is 18.4 Å². The first-order valence-electron chi connectivity index (χ1n) is 24.1. The number of ketones is 4. The van der Waals surface area contributed by atoms with E-state index in [4.69, 9.17) is 17.2 Å². The molecule has 2 saturated heterocycles. The first kappa shape index (κ1) is 57.8. The summed E-state index contributed by atoms with van der Waals surface area (Å²) in [5.74, 6) is -13.8. The van der Waals surface area contributed by atoms with E-state index in [-0.39, 0.29) is 63.2 Å². The Morgan fingerprint density at radius 1 is 0.800 bits per heavy atom. The van der Waals surface area contributed by atoms with Crippen LogP contribution < -0.4 is 38.5 Å². The third-order valence-electron chi connectivity index (χ3n) is 13.1. The lowest BCUT2D eigenvalue weighted by Crippen LogP contribution is -2.51. The minimum Gasteiger partial charge on any atom is -0.508 e. The summed E-state index contributed by atoms with van der Waals surface area (Å²) < 4.78 is 0. The molecule has 2 aliphatic heterocycles. The molecule has 11 N–H and O–H groups in total. The van der Waals surface area contributed by atoms with Gasteiger partial charge >= 0.3 is 0 Å². The highest BCUT2D eigenvalue weighted by Gasteiger charge is 2.41. The Bertz CT molecular complexity index is 2110. The van der Waals surface area contributed by atoms with Crippen molar-refractivity contribution in [3.8, 4) is 5.75 Å². The normalized spacial score (nSPS) is 24.4. The number of nitrogens with two attached hydrogens (primary N) is 3. The number of aromatic hydroxyl groups is 1. The Morgan fingerprint density at radius 2 is 1.44 bits per heavy atom. The second kappa shape index (κ2) is 27.6. The molecule has 70 heavy (non-hydrogen) atoms. The topological polar surface area (TPSA) is 354 Å². The zero-order valence-corrected chi connectivity index (χ0v) is 40.9. The average Bonchev–Trinajstić information content (AvgIpc) is 3.79. The predicted molar refractivity (Wildman–Crippen MR) is 253 cm³/mol. The molecule has 3 rings (SSSR count).